The molecule has 0 fully saturated rings. The van der Waals surface area contributed by atoms with Crippen LogP contribution in [0.5, 0.6) is 0 Å². The number of rotatable bonds is 4. The van der Waals surface area contributed by atoms with Gasteiger partial charge in [-0.15, -0.1) is 0 Å². The van der Waals surface area contributed by atoms with Crippen molar-refractivity contribution < 1.29 is 5.11 Å². The van der Waals surface area contributed by atoms with Gasteiger partial charge in [0.1, 0.15) is 5.52 Å². The van der Waals surface area contributed by atoms with Crippen LogP contribution in [-0.4, -0.2) is 20.1 Å². The van der Waals surface area contributed by atoms with E-state index in [2.05, 4.69) is 16.9 Å². The molecule has 0 unspecified atom stereocenters. The molecule has 0 saturated carbocycles. The van der Waals surface area contributed by atoms with Crippen molar-refractivity contribution in [2.75, 3.05) is 5.73 Å². The first-order valence-electron chi connectivity index (χ1n) is 7.45. The number of benzene rings is 1. The summed E-state index contributed by atoms with van der Waals surface area (Å²) in [5.41, 5.74) is 10.4. The average Bonchev–Trinajstić information content (AvgIpc) is 2.55. The first-order valence-corrected chi connectivity index (χ1v) is 7.83. The lowest BCUT2D eigenvalue weighted by atomic mass is 10.1. The first kappa shape index (κ1) is 15.6. The highest BCUT2D eigenvalue weighted by molar-refractivity contribution is 6.33. The van der Waals surface area contributed by atoms with Crippen molar-refractivity contribution in [3.05, 3.63) is 46.6 Å². The number of hydrogen-bond acceptors (Lipinski definition) is 5. The Morgan fingerprint density at radius 2 is 1.96 bits per heavy atom. The fraction of sp³-hybridized carbons (Fsp3) is 0.235. The van der Waals surface area contributed by atoms with Crippen molar-refractivity contribution in [1.82, 2.24) is 15.0 Å². The standard InChI is InChI=1S/C17H17ClN4O/c1-2-3-14-16-15(22-17(19)21-14)7-6-13(20-16)11-8-10(9-23)4-5-12(11)18/h4-8,23H,2-3,9H2,1H3,(H2,19,21,22). The van der Waals surface area contributed by atoms with E-state index in [0.717, 1.165) is 46.4 Å². The number of aromatic nitrogens is 3. The SMILES string of the molecule is CCCc1nc(N)nc2ccc(-c3cc(CO)ccc3Cl)nc12. The maximum atomic E-state index is 9.32. The molecule has 2 heterocycles. The Morgan fingerprint density at radius 1 is 1.13 bits per heavy atom. The van der Waals surface area contributed by atoms with Gasteiger partial charge in [0, 0.05) is 10.6 Å². The molecule has 0 spiro atoms. The van der Waals surface area contributed by atoms with Gasteiger partial charge in [-0.1, -0.05) is 31.0 Å². The van der Waals surface area contributed by atoms with Crippen LogP contribution in [0.3, 0.4) is 0 Å². The van der Waals surface area contributed by atoms with Crippen LogP contribution >= 0.6 is 11.6 Å². The van der Waals surface area contributed by atoms with E-state index in [1.807, 2.05) is 18.2 Å². The number of anilines is 1. The van der Waals surface area contributed by atoms with Crippen molar-refractivity contribution in [3.63, 3.8) is 0 Å². The lowest BCUT2D eigenvalue weighted by molar-refractivity contribution is 0.282. The Labute approximate surface area is 139 Å². The second kappa shape index (κ2) is 6.48. The highest BCUT2D eigenvalue weighted by Crippen LogP contribution is 2.29. The summed E-state index contributed by atoms with van der Waals surface area (Å²) < 4.78 is 0. The molecule has 23 heavy (non-hydrogen) atoms. The van der Waals surface area contributed by atoms with Crippen LogP contribution in [-0.2, 0) is 13.0 Å². The van der Waals surface area contributed by atoms with E-state index in [0.29, 0.717) is 5.02 Å². The summed E-state index contributed by atoms with van der Waals surface area (Å²) in [6, 6.07) is 9.12. The van der Waals surface area contributed by atoms with Crippen molar-refractivity contribution in [3.8, 4) is 11.3 Å². The van der Waals surface area contributed by atoms with Gasteiger partial charge in [-0.3, -0.25) is 0 Å². The quantitative estimate of drug-likeness (QED) is 0.767. The van der Waals surface area contributed by atoms with E-state index in [-0.39, 0.29) is 12.6 Å². The summed E-state index contributed by atoms with van der Waals surface area (Å²) in [5.74, 6) is 0.260. The number of hydrogen-bond donors (Lipinski definition) is 2. The van der Waals surface area contributed by atoms with Crippen LogP contribution in [0.2, 0.25) is 5.02 Å². The van der Waals surface area contributed by atoms with Gasteiger partial charge in [-0.25, -0.2) is 15.0 Å². The Kier molecular flexibility index (Phi) is 4.41. The van der Waals surface area contributed by atoms with E-state index < -0.39 is 0 Å². The van der Waals surface area contributed by atoms with Crippen molar-refractivity contribution in [2.24, 2.45) is 0 Å². The molecule has 0 aliphatic carbocycles. The third-order valence-corrected chi connectivity index (χ3v) is 3.94. The molecular formula is C17H17ClN4O. The number of nitrogens with two attached hydrogens (primary N) is 1. The minimum absolute atomic E-state index is 0.0432. The van der Waals surface area contributed by atoms with Gasteiger partial charge in [-0.05, 0) is 36.2 Å². The predicted molar refractivity (Wildman–Crippen MR) is 92.1 cm³/mol. The van der Waals surface area contributed by atoms with E-state index in [1.54, 1.807) is 12.1 Å². The minimum atomic E-state index is -0.0432. The maximum absolute atomic E-state index is 9.32. The van der Waals surface area contributed by atoms with Crippen LogP contribution < -0.4 is 5.73 Å². The van der Waals surface area contributed by atoms with Crippen molar-refractivity contribution in [2.45, 2.75) is 26.4 Å². The number of aliphatic hydroxyl groups excluding tert-OH is 1. The van der Waals surface area contributed by atoms with Gasteiger partial charge >= 0.3 is 0 Å². The zero-order valence-corrected chi connectivity index (χ0v) is 13.5. The summed E-state index contributed by atoms with van der Waals surface area (Å²) in [6.45, 7) is 2.04. The molecule has 0 aliphatic heterocycles. The number of aryl methyl sites for hydroxylation is 1. The smallest absolute Gasteiger partial charge is 0.220 e. The monoisotopic (exact) mass is 328 g/mol. The number of nitrogens with zero attached hydrogens (tertiary/aromatic N) is 3. The molecule has 0 radical (unpaired) electrons. The molecule has 3 N–H and O–H groups in total. The van der Waals surface area contributed by atoms with Crippen LogP contribution in [0.25, 0.3) is 22.3 Å². The van der Waals surface area contributed by atoms with Crippen LogP contribution in [0.4, 0.5) is 5.95 Å². The van der Waals surface area contributed by atoms with E-state index in [9.17, 15) is 5.11 Å². The molecule has 0 atom stereocenters. The molecule has 2 aromatic heterocycles. The number of aliphatic hydroxyl groups is 1. The van der Waals surface area contributed by atoms with Crippen molar-refractivity contribution in [1.29, 1.82) is 0 Å². The first-order chi connectivity index (χ1) is 11.1. The summed E-state index contributed by atoms with van der Waals surface area (Å²) in [4.78, 5) is 13.2. The fourth-order valence-electron chi connectivity index (χ4n) is 2.52. The minimum Gasteiger partial charge on any atom is -0.392 e. The zero-order chi connectivity index (χ0) is 16.4. The molecule has 0 amide bonds. The third-order valence-electron chi connectivity index (χ3n) is 3.61. The van der Waals surface area contributed by atoms with Gasteiger partial charge in [-0.2, -0.15) is 0 Å². The highest BCUT2D eigenvalue weighted by Gasteiger charge is 2.11. The van der Waals surface area contributed by atoms with Gasteiger partial charge in [0.15, 0.2) is 0 Å². The topological polar surface area (TPSA) is 84.9 Å². The summed E-state index contributed by atoms with van der Waals surface area (Å²) in [5, 5.41) is 9.90. The largest absolute Gasteiger partial charge is 0.392 e. The molecule has 118 valence electrons. The van der Waals surface area contributed by atoms with E-state index >= 15 is 0 Å². The molecule has 5 nitrogen and oxygen atoms in total. The predicted octanol–water partition coefficient (Wildman–Crippen LogP) is 3.37. The number of halogens is 1. The van der Waals surface area contributed by atoms with Gasteiger partial charge < -0.3 is 10.8 Å². The summed E-state index contributed by atoms with van der Waals surface area (Å²) >= 11 is 6.29. The normalized spacial score (nSPS) is 11.1. The number of fused-ring (bicyclic) bond motifs is 1. The third kappa shape index (κ3) is 3.11. The molecule has 0 bridgehead atoms. The van der Waals surface area contributed by atoms with E-state index in [1.165, 1.54) is 0 Å². The molecule has 6 heteroatoms. The van der Waals surface area contributed by atoms with Gasteiger partial charge in [0.25, 0.3) is 0 Å². The lowest BCUT2D eigenvalue weighted by Crippen LogP contribution is -2.02. The Hall–Kier alpha value is -2.24. The van der Waals surface area contributed by atoms with E-state index in [4.69, 9.17) is 22.3 Å². The molecule has 0 saturated heterocycles. The van der Waals surface area contributed by atoms with Crippen LogP contribution in [0, 0.1) is 0 Å². The second-order valence-corrected chi connectivity index (χ2v) is 5.72. The molecule has 1 aromatic carbocycles. The van der Waals surface area contributed by atoms with Gasteiger partial charge in [0.05, 0.1) is 23.5 Å². The summed E-state index contributed by atoms with van der Waals surface area (Å²) in [6.07, 6.45) is 1.72. The Balaban J connectivity index is 2.20. The molecule has 3 rings (SSSR count). The zero-order valence-electron chi connectivity index (χ0n) is 12.8. The number of nitrogen functional groups attached to an aromatic ring is 1. The lowest BCUT2D eigenvalue weighted by Gasteiger charge is -2.09. The number of pyridine rings is 1. The second-order valence-electron chi connectivity index (χ2n) is 5.32. The van der Waals surface area contributed by atoms with Crippen LogP contribution in [0.15, 0.2) is 30.3 Å². The fourth-order valence-corrected chi connectivity index (χ4v) is 2.74. The van der Waals surface area contributed by atoms with Crippen molar-refractivity contribution >= 4 is 28.6 Å². The molecule has 0 aliphatic rings. The maximum Gasteiger partial charge on any atom is 0.220 e. The van der Waals surface area contributed by atoms with Crippen LogP contribution in [0.1, 0.15) is 24.6 Å². The Morgan fingerprint density at radius 3 is 2.70 bits per heavy atom. The summed E-state index contributed by atoms with van der Waals surface area (Å²) in [7, 11) is 0. The molecular weight excluding hydrogens is 312 g/mol. The van der Waals surface area contributed by atoms with Gasteiger partial charge in [0.2, 0.25) is 5.95 Å². The molecule has 3 aromatic rings. The Bertz CT molecular complexity index is 867. The average molecular weight is 329 g/mol. The highest BCUT2D eigenvalue weighted by atomic mass is 35.5.